The van der Waals surface area contributed by atoms with Crippen molar-refractivity contribution in [2.75, 3.05) is 11.5 Å². The van der Waals surface area contributed by atoms with Crippen molar-refractivity contribution in [1.29, 1.82) is 0 Å². The minimum Gasteiger partial charge on any atom is -0.508 e. The van der Waals surface area contributed by atoms with Gasteiger partial charge in [-0.25, -0.2) is 0 Å². The monoisotopic (exact) mass is 465 g/mol. The summed E-state index contributed by atoms with van der Waals surface area (Å²) >= 11 is 6.15. The highest BCUT2D eigenvalue weighted by Gasteiger charge is 2.47. The van der Waals surface area contributed by atoms with Gasteiger partial charge in [-0.15, -0.1) is 0 Å². The second-order valence-electron chi connectivity index (χ2n) is 7.33. The van der Waals surface area contributed by atoms with Crippen LogP contribution in [0.3, 0.4) is 0 Å². The van der Waals surface area contributed by atoms with Crippen LogP contribution in [-0.2, 0) is 9.59 Å². The Morgan fingerprint density at radius 1 is 1.03 bits per heavy atom. The second-order valence-corrected chi connectivity index (χ2v) is 7.74. The molecule has 1 fully saturated rings. The van der Waals surface area contributed by atoms with E-state index in [1.165, 1.54) is 42.5 Å². The van der Waals surface area contributed by atoms with Crippen LogP contribution in [0.25, 0.3) is 5.76 Å². The van der Waals surface area contributed by atoms with Gasteiger partial charge in [-0.05, 0) is 55.0 Å². The smallest absolute Gasteiger partial charge is 0.300 e. The van der Waals surface area contributed by atoms with E-state index in [9.17, 15) is 24.9 Å². The quantitative estimate of drug-likeness (QED) is 0.284. The Morgan fingerprint density at radius 3 is 2.48 bits per heavy atom. The number of phenols is 2. The molecule has 33 heavy (non-hydrogen) atoms. The maximum absolute atomic E-state index is 13.2. The number of hydrogen-bond acceptors (Lipinski definition) is 6. The molecule has 1 atom stereocenters. The molecule has 7 nitrogen and oxygen atoms in total. The number of phenolic OH excluding ortho intramolecular Hbond substituents is 2. The molecule has 0 aliphatic carbocycles. The van der Waals surface area contributed by atoms with Crippen molar-refractivity contribution in [2.24, 2.45) is 0 Å². The van der Waals surface area contributed by atoms with E-state index in [0.717, 1.165) is 4.90 Å². The number of aromatic hydroxyl groups is 2. The zero-order valence-corrected chi connectivity index (χ0v) is 18.3. The first-order chi connectivity index (χ1) is 15.8. The summed E-state index contributed by atoms with van der Waals surface area (Å²) in [7, 11) is 0. The molecule has 0 saturated carbocycles. The van der Waals surface area contributed by atoms with Crippen LogP contribution in [0.2, 0.25) is 5.02 Å². The summed E-state index contributed by atoms with van der Waals surface area (Å²) in [5, 5.41) is 31.9. The Balaban J connectivity index is 1.96. The zero-order valence-electron chi connectivity index (χ0n) is 17.5. The maximum Gasteiger partial charge on any atom is 0.300 e. The summed E-state index contributed by atoms with van der Waals surface area (Å²) < 4.78 is 5.48. The topological polar surface area (TPSA) is 107 Å². The lowest BCUT2D eigenvalue weighted by molar-refractivity contribution is -0.132. The van der Waals surface area contributed by atoms with Crippen molar-refractivity contribution in [2.45, 2.75) is 13.0 Å². The van der Waals surface area contributed by atoms with E-state index in [1.807, 2.05) is 0 Å². The van der Waals surface area contributed by atoms with Gasteiger partial charge in [0.05, 0.1) is 28.9 Å². The molecule has 1 aliphatic rings. The first kappa shape index (κ1) is 22.2. The summed E-state index contributed by atoms with van der Waals surface area (Å²) in [4.78, 5) is 27.4. The molecular weight excluding hydrogens is 446 g/mol. The number of nitrogens with zero attached hydrogens (tertiary/aromatic N) is 1. The summed E-state index contributed by atoms with van der Waals surface area (Å²) in [6, 6.07) is 15.5. The fourth-order valence-corrected chi connectivity index (χ4v) is 4.00. The standard InChI is InChI=1S/C25H20ClNO6/c1-2-33-20-13-15(10-11-17(20)26)23(30)21-22(14-6-5-7-16(28)12-14)27(25(32)24(21)31)18-8-3-4-9-19(18)29/h3-13,22,28-30H,2H2,1H3/b23-21-. The molecule has 168 valence electrons. The zero-order chi connectivity index (χ0) is 23.7. The maximum atomic E-state index is 13.2. The SMILES string of the molecule is CCOc1cc(/C(O)=C2/C(=O)C(=O)N(c3ccccc3O)C2c2cccc(O)c2)ccc1Cl. The van der Waals surface area contributed by atoms with Crippen molar-refractivity contribution in [3.8, 4) is 17.2 Å². The molecular formula is C25H20ClNO6. The number of Topliss-reactive ketones (excluding diaryl/α,β-unsaturated/α-hetero) is 1. The number of amides is 1. The van der Waals surface area contributed by atoms with Crippen LogP contribution in [0.1, 0.15) is 24.1 Å². The Kier molecular flexibility index (Phi) is 5.98. The van der Waals surface area contributed by atoms with Crippen LogP contribution in [0.5, 0.6) is 17.2 Å². The fraction of sp³-hybridized carbons (Fsp3) is 0.120. The van der Waals surface area contributed by atoms with E-state index in [2.05, 4.69) is 0 Å². The van der Waals surface area contributed by atoms with Crippen LogP contribution < -0.4 is 9.64 Å². The van der Waals surface area contributed by atoms with Crippen LogP contribution in [-0.4, -0.2) is 33.6 Å². The van der Waals surface area contributed by atoms with Crippen molar-refractivity contribution < 1.29 is 29.6 Å². The van der Waals surface area contributed by atoms with Gasteiger partial charge in [-0.2, -0.15) is 0 Å². The van der Waals surface area contributed by atoms with Crippen LogP contribution in [0.4, 0.5) is 5.69 Å². The molecule has 3 aromatic rings. The average molecular weight is 466 g/mol. The Bertz CT molecular complexity index is 1290. The number of ether oxygens (including phenoxy) is 1. The van der Waals surface area contributed by atoms with Crippen LogP contribution in [0.15, 0.2) is 72.3 Å². The number of aliphatic hydroxyl groups excluding tert-OH is 1. The van der Waals surface area contributed by atoms with Gasteiger partial charge in [0.15, 0.2) is 0 Å². The van der Waals surface area contributed by atoms with Gasteiger partial charge >= 0.3 is 0 Å². The lowest BCUT2D eigenvalue weighted by Crippen LogP contribution is -2.29. The van der Waals surface area contributed by atoms with Gasteiger partial charge < -0.3 is 20.1 Å². The third-order valence-corrected chi connectivity index (χ3v) is 5.59. The minimum absolute atomic E-state index is 0.0829. The van der Waals surface area contributed by atoms with E-state index < -0.39 is 23.5 Å². The van der Waals surface area contributed by atoms with Crippen molar-refractivity contribution in [3.05, 3.63) is 88.5 Å². The van der Waals surface area contributed by atoms with Crippen LogP contribution in [0, 0.1) is 0 Å². The highest BCUT2D eigenvalue weighted by atomic mass is 35.5. The molecule has 1 aliphatic heterocycles. The molecule has 0 aromatic heterocycles. The lowest BCUT2D eigenvalue weighted by atomic mass is 9.95. The summed E-state index contributed by atoms with van der Waals surface area (Å²) in [5.41, 5.74) is 0.498. The van der Waals surface area contributed by atoms with Gasteiger partial charge in [0, 0.05) is 5.56 Å². The second kappa shape index (κ2) is 8.88. The molecule has 1 amide bonds. The number of carbonyl (C=O) groups is 2. The number of hydrogen-bond donors (Lipinski definition) is 3. The molecule has 3 aromatic carbocycles. The highest BCUT2D eigenvalue weighted by Crippen LogP contribution is 2.45. The fourth-order valence-electron chi connectivity index (χ4n) is 3.83. The Labute approximate surface area is 194 Å². The average Bonchev–Trinajstić information content (AvgIpc) is 3.06. The minimum atomic E-state index is -1.10. The number of halogens is 1. The van der Waals surface area contributed by atoms with Gasteiger partial charge in [-0.3, -0.25) is 14.5 Å². The number of benzene rings is 3. The van der Waals surface area contributed by atoms with Gasteiger partial charge in [0.2, 0.25) is 0 Å². The number of rotatable bonds is 5. The summed E-state index contributed by atoms with van der Waals surface area (Å²) in [6.45, 7) is 2.12. The number of para-hydroxylation sites is 2. The molecule has 3 N–H and O–H groups in total. The normalized spacial score (nSPS) is 17.4. The molecule has 0 bridgehead atoms. The van der Waals surface area contributed by atoms with Gasteiger partial charge in [0.1, 0.15) is 23.0 Å². The van der Waals surface area contributed by atoms with E-state index in [-0.39, 0.29) is 28.3 Å². The molecule has 8 heteroatoms. The predicted octanol–water partition coefficient (Wildman–Crippen LogP) is 4.78. The van der Waals surface area contributed by atoms with Crippen molar-refractivity contribution >= 4 is 34.7 Å². The highest BCUT2D eigenvalue weighted by molar-refractivity contribution is 6.52. The van der Waals surface area contributed by atoms with E-state index in [4.69, 9.17) is 16.3 Å². The van der Waals surface area contributed by atoms with E-state index in [0.29, 0.717) is 22.9 Å². The van der Waals surface area contributed by atoms with E-state index >= 15 is 0 Å². The van der Waals surface area contributed by atoms with Gasteiger partial charge in [-0.1, -0.05) is 35.9 Å². The van der Waals surface area contributed by atoms with Crippen molar-refractivity contribution in [3.63, 3.8) is 0 Å². The summed E-state index contributed by atoms with van der Waals surface area (Å²) in [5.74, 6) is -2.28. The first-order valence-electron chi connectivity index (χ1n) is 10.1. The molecule has 1 heterocycles. The summed E-state index contributed by atoms with van der Waals surface area (Å²) in [6.07, 6.45) is 0. The Morgan fingerprint density at radius 2 is 1.79 bits per heavy atom. The number of carbonyl (C=O) groups excluding carboxylic acids is 2. The first-order valence-corrected chi connectivity index (χ1v) is 10.5. The molecule has 0 radical (unpaired) electrons. The molecule has 0 spiro atoms. The molecule has 4 rings (SSSR count). The lowest BCUT2D eigenvalue weighted by Gasteiger charge is -2.26. The largest absolute Gasteiger partial charge is 0.508 e. The number of ketones is 1. The van der Waals surface area contributed by atoms with Crippen molar-refractivity contribution in [1.82, 2.24) is 0 Å². The molecule has 1 saturated heterocycles. The third kappa shape index (κ3) is 3.99. The molecule has 1 unspecified atom stereocenters. The number of anilines is 1. The third-order valence-electron chi connectivity index (χ3n) is 5.28. The predicted molar refractivity (Wildman–Crippen MR) is 124 cm³/mol. The Hall–Kier alpha value is -3.97. The van der Waals surface area contributed by atoms with E-state index in [1.54, 1.807) is 31.2 Å². The van der Waals surface area contributed by atoms with Crippen LogP contribution >= 0.6 is 11.6 Å². The van der Waals surface area contributed by atoms with Gasteiger partial charge in [0.25, 0.3) is 11.7 Å². The number of aliphatic hydroxyl groups is 1.